The van der Waals surface area contributed by atoms with Gasteiger partial charge in [0, 0.05) is 45.1 Å². The van der Waals surface area contributed by atoms with Gasteiger partial charge in [-0.05, 0) is 32.2 Å². The molecular weight excluding hydrogens is 362 g/mol. The molecular formula is C19H27N5O2S. The van der Waals surface area contributed by atoms with E-state index in [0.717, 1.165) is 68.3 Å². The molecule has 0 saturated carbocycles. The van der Waals surface area contributed by atoms with Crippen LogP contribution in [0.15, 0.2) is 11.6 Å². The summed E-state index contributed by atoms with van der Waals surface area (Å²) in [6, 6.07) is 0. The second kappa shape index (κ2) is 8.08. The van der Waals surface area contributed by atoms with E-state index in [0.29, 0.717) is 11.5 Å². The van der Waals surface area contributed by atoms with Crippen LogP contribution in [0, 0.1) is 0 Å². The number of amides is 1. The molecule has 2 aliphatic rings. The average Bonchev–Trinajstić information content (AvgIpc) is 3.41. The molecule has 4 rings (SSSR count). The van der Waals surface area contributed by atoms with Crippen molar-refractivity contribution in [2.24, 2.45) is 0 Å². The molecule has 0 aliphatic carbocycles. The molecule has 0 bridgehead atoms. The number of ether oxygens (including phenoxy) is 1. The lowest BCUT2D eigenvalue weighted by Crippen LogP contribution is -2.35. The summed E-state index contributed by atoms with van der Waals surface area (Å²) >= 11 is 1.71. The number of aromatic amines is 1. The largest absolute Gasteiger partial charge is 0.371 e. The second-order valence-electron chi connectivity index (χ2n) is 7.65. The van der Waals surface area contributed by atoms with Crippen LogP contribution in [0.5, 0.6) is 0 Å². The molecule has 2 aromatic rings. The lowest BCUT2D eigenvalue weighted by atomic mass is 9.92. The van der Waals surface area contributed by atoms with Crippen LogP contribution in [0.3, 0.4) is 0 Å². The molecule has 4 heterocycles. The lowest BCUT2D eigenvalue weighted by molar-refractivity contribution is 0.0825. The summed E-state index contributed by atoms with van der Waals surface area (Å²) in [6.45, 7) is 3.69. The van der Waals surface area contributed by atoms with Gasteiger partial charge < -0.3 is 9.64 Å². The van der Waals surface area contributed by atoms with Gasteiger partial charge in [-0.1, -0.05) is 0 Å². The zero-order valence-corrected chi connectivity index (χ0v) is 16.8. The highest BCUT2D eigenvalue weighted by molar-refractivity contribution is 7.09. The molecule has 0 unspecified atom stereocenters. The molecule has 1 N–H and O–H groups in total. The molecule has 2 aromatic heterocycles. The number of H-pyrrole nitrogens is 1. The number of carbonyl (C=O) groups excluding carboxylic acids is 1. The van der Waals surface area contributed by atoms with Gasteiger partial charge >= 0.3 is 0 Å². The van der Waals surface area contributed by atoms with Crippen LogP contribution >= 0.6 is 11.3 Å². The molecule has 2 saturated heterocycles. The number of nitrogens with zero attached hydrogens (tertiary/aromatic N) is 4. The van der Waals surface area contributed by atoms with Crippen LogP contribution in [-0.4, -0.2) is 64.7 Å². The maximum absolute atomic E-state index is 12.4. The van der Waals surface area contributed by atoms with Crippen LogP contribution in [0.25, 0.3) is 0 Å². The Kier molecular flexibility index (Phi) is 5.56. The van der Waals surface area contributed by atoms with Gasteiger partial charge in [0.2, 0.25) is 0 Å². The highest BCUT2D eigenvalue weighted by Gasteiger charge is 2.28. The minimum absolute atomic E-state index is 0.0107. The fourth-order valence-electron chi connectivity index (χ4n) is 4.00. The molecule has 2 atom stereocenters. The van der Waals surface area contributed by atoms with Gasteiger partial charge in [0.1, 0.15) is 11.1 Å². The van der Waals surface area contributed by atoms with Crippen molar-refractivity contribution in [2.45, 2.75) is 44.2 Å². The number of rotatable bonds is 5. The highest BCUT2D eigenvalue weighted by Crippen LogP contribution is 2.32. The zero-order valence-electron chi connectivity index (χ0n) is 16.0. The number of carbonyl (C=O) groups is 1. The Labute approximate surface area is 163 Å². The van der Waals surface area contributed by atoms with E-state index in [9.17, 15) is 4.79 Å². The number of hydrogen-bond donors (Lipinski definition) is 1. The predicted molar refractivity (Wildman–Crippen MR) is 104 cm³/mol. The molecule has 0 spiro atoms. The van der Waals surface area contributed by atoms with E-state index in [1.165, 1.54) is 0 Å². The Morgan fingerprint density at radius 3 is 3.07 bits per heavy atom. The zero-order chi connectivity index (χ0) is 18.8. The van der Waals surface area contributed by atoms with Gasteiger partial charge in [0.25, 0.3) is 5.91 Å². The van der Waals surface area contributed by atoms with Crippen LogP contribution in [0.1, 0.15) is 64.5 Å². The van der Waals surface area contributed by atoms with Crippen molar-refractivity contribution in [3.05, 3.63) is 33.5 Å². The van der Waals surface area contributed by atoms with E-state index in [4.69, 9.17) is 9.72 Å². The van der Waals surface area contributed by atoms with Gasteiger partial charge in [-0.3, -0.25) is 14.8 Å². The average molecular weight is 390 g/mol. The van der Waals surface area contributed by atoms with E-state index >= 15 is 0 Å². The molecule has 2 fully saturated rings. The standard InChI is InChI=1S/C19H27N5O2S/c1-23(2)19(25)15-9-20-22-17(15)13-5-3-7-24(10-13)11-14-12-27-18(21-14)16-6-4-8-26-16/h9,12-13,16H,3-8,10-11H2,1-2H3,(H,20,22)/t13-,16+/m0/s1. The summed E-state index contributed by atoms with van der Waals surface area (Å²) in [5.41, 5.74) is 2.79. The van der Waals surface area contributed by atoms with Crippen LogP contribution in [0.4, 0.5) is 0 Å². The summed E-state index contributed by atoms with van der Waals surface area (Å²) < 4.78 is 5.75. The summed E-state index contributed by atoms with van der Waals surface area (Å²) in [6.07, 6.45) is 6.26. The second-order valence-corrected chi connectivity index (χ2v) is 8.54. The first-order valence-corrected chi connectivity index (χ1v) is 10.5. The SMILES string of the molecule is CN(C)C(=O)c1cn[nH]c1[C@H]1CCCN(Cc2csc([C@H]3CCCO3)n2)C1. The minimum atomic E-state index is 0.0107. The number of likely N-dealkylation sites (tertiary alicyclic amines) is 1. The molecule has 0 radical (unpaired) electrons. The first-order valence-electron chi connectivity index (χ1n) is 9.65. The maximum Gasteiger partial charge on any atom is 0.256 e. The molecule has 27 heavy (non-hydrogen) atoms. The van der Waals surface area contributed by atoms with E-state index < -0.39 is 0 Å². The van der Waals surface area contributed by atoms with Crippen molar-refractivity contribution in [2.75, 3.05) is 33.8 Å². The smallest absolute Gasteiger partial charge is 0.256 e. The van der Waals surface area contributed by atoms with Crippen molar-refractivity contribution in [1.82, 2.24) is 25.0 Å². The highest BCUT2D eigenvalue weighted by atomic mass is 32.1. The molecule has 8 heteroatoms. The summed E-state index contributed by atoms with van der Waals surface area (Å²) in [5.74, 6) is 0.313. The Hall–Kier alpha value is -1.77. The summed E-state index contributed by atoms with van der Waals surface area (Å²) in [5, 5.41) is 10.5. The van der Waals surface area contributed by atoms with Crippen molar-refractivity contribution < 1.29 is 9.53 Å². The monoisotopic (exact) mass is 389 g/mol. The van der Waals surface area contributed by atoms with Crippen LogP contribution in [-0.2, 0) is 11.3 Å². The van der Waals surface area contributed by atoms with Gasteiger partial charge in [-0.25, -0.2) is 4.98 Å². The maximum atomic E-state index is 12.4. The number of aromatic nitrogens is 3. The third-order valence-corrected chi connectivity index (χ3v) is 6.37. The van der Waals surface area contributed by atoms with E-state index in [-0.39, 0.29) is 12.0 Å². The van der Waals surface area contributed by atoms with Gasteiger partial charge in [0.05, 0.1) is 23.1 Å². The Bertz CT molecular complexity index is 781. The molecule has 2 aliphatic heterocycles. The quantitative estimate of drug-likeness (QED) is 0.851. The van der Waals surface area contributed by atoms with Gasteiger partial charge in [-0.15, -0.1) is 11.3 Å². The van der Waals surface area contributed by atoms with E-state index in [2.05, 4.69) is 20.5 Å². The van der Waals surface area contributed by atoms with E-state index in [1.54, 1.807) is 36.5 Å². The summed E-state index contributed by atoms with van der Waals surface area (Å²) in [4.78, 5) is 21.3. The Morgan fingerprint density at radius 2 is 2.30 bits per heavy atom. The molecule has 1 amide bonds. The third-order valence-electron chi connectivity index (χ3n) is 5.38. The third kappa shape index (κ3) is 4.07. The first kappa shape index (κ1) is 18.6. The predicted octanol–water partition coefficient (Wildman–Crippen LogP) is 2.80. The van der Waals surface area contributed by atoms with Crippen LogP contribution in [0.2, 0.25) is 0 Å². The number of piperidine rings is 1. The fourth-order valence-corrected chi connectivity index (χ4v) is 4.89. The summed E-state index contributed by atoms with van der Waals surface area (Å²) in [7, 11) is 3.56. The van der Waals surface area contributed by atoms with Gasteiger partial charge in [-0.2, -0.15) is 5.10 Å². The Morgan fingerprint density at radius 1 is 1.41 bits per heavy atom. The lowest BCUT2D eigenvalue weighted by Gasteiger charge is -2.32. The van der Waals surface area contributed by atoms with Crippen LogP contribution < -0.4 is 0 Å². The normalized spacial score (nSPS) is 23.6. The topological polar surface area (TPSA) is 74.4 Å². The fraction of sp³-hybridized carbons (Fsp3) is 0.632. The van der Waals surface area contributed by atoms with Crippen molar-refractivity contribution in [3.63, 3.8) is 0 Å². The first-order chi connectivity index (χ1) is 13.1. The Balaban J connectivity index is 1.42. The van der Waals surface area contributed by atoms with Gasteiger partial charge in [0.15, 0.2) is 0 Å². The number of hydrogen-bond acceptors (Lipinski definition) is 6. The number of nitrogens with one attached hydrogen (secondary N) is 1. The molecule has 7 nitrogen and oxygen atoms in total. The number of thiazole rings is 1. The van der Waals surface area contributed by atoms with Crippen molar-refractivity contribution >= 4 is 17.2 Å². The van der Waals surface area contributed by atoms with E-state index in [1.807, 2.05) is 0 Å². The minimum Gasteiger partial charge on any atom is -0.371 e. The van der Waals surface area contributed by atoms with Crippen molar-refractivity contribution in [3.8, 4) is 0 Å². The molecule has 0 aromatic carbocycles. The van der Waals surface area contributed by atoms with Crippen molar-refractivity contribution in [1.29, 1.82) is 0 Å². The molecule has 146 valence electrons.